The van der Waals surface area contributed by atoms with E-state index in [1.54, 1.807) is 56.7 Å². The number of rotatable bonds is 7. The van der Waals surface area contributed by atoms with E-state index in [9.17, 15) is 10.1 Å². The molecule has 0 aliphatic carbocycles. The van der Waals surface area contributed by atoms with Crippen molar-refractivity contribution in [2.75, 3.05) is 20.8 Å². The second-order valence-electron chi connectivity index (χ2n) is 5.07. The molecule has 0 N–H and O–H groups in total. The average molecular weight is 337 g/mol. The SMILES string of the molecule is CCOc1ccc(/C=C(\C#N)C(=O)c2ccc(OC)cc2)cc1OC. The van der Waals surface area contributed by atoms with Crippen LogP contribution >= 0.6 is 0 Å². The van der Waals surface area contributed by atoms with E-state index in [1.165, 1.54) is 6.08 Å². The Morgan fingerprint density at radius 1 is 1.08 bits per heavy atom. The molecule has 0 spiro atoms. The number of carbonyl (C=O) groups is 1. The highest BCUT2D eigenvalue weighted by atomic mass is 16.5. The second-order valence-corrected chi connectivity index (χ2v) is 5.07. The third-order valence-electron chi connectivity index (χ3n) is 3.52. The van der Waals surface area contributed by atoms with Gasteiger partial charge in [-0.1, -0.05) is 6.07 Å². The lowest BCUT2D eigenvalue weighted by molar-refractivity contribution is 0.104. The average Bonchev–Trinajstić information content (AvgIpc) is 2.66. The van der Waals surface area contributed by atoms with Crippen LogP contribution in [0.4, 0.5) is 0 Å². The molecule has 0 bridgehead atoms. The molecule has 5 heteroatoms. The van der Waals surface area contributed by atoms with Crippen molar-refractivity contribution in [1.29, 1.82) is 5.26 Å². The largest absolute Gasteiger partial charge is 0.497 e. The van der Waals surface area contributed by atoms with Gasteiger partial charge in [0.2, 0.25) is 5.78 Å². The van der Waals surface area contributed by atoms with E-state index in [2.05, 4.69) is 0 Å². The molecule has 0 atom stereocenters. The van der Waals surface area contributed by atoms with Crippen molar-refractivity contribution in [2.24, 2.45) is 0 Å². The fourth-order valence-corrected chi connectivity index (χ4v) is 2.26. The van der Waals surface area contributed by atoms with Crippen molar-refractivity contribution < 1.29 is 19.0 Å². The Balaban J connectivity index is 2.32. The highest BCUT2D eigenvalue weighted by Crippen LogP contribution is 2.29. The summed E-state index contributed by atoms with van der Waals surface area (Å²) in [6.45, 7) is 2.40. The molecule has 0 saturated heterocycles. The first-order valence-electron chi connectivity index (χ1n) is 7.74. The summed E-state index contributed by atoms with van der Waals surface area (Å²) >= 11 is 0. The van der Waals surface area contributed by atoms with Crippen molar-refractivity contribution in [1.82, 2.24) is 0 Å². The number of ketones is 1. The van der Waals surface area contributed by atoms with Crippen LogP contribution in [0.5, 0.6) is 17.2 Å². The zero-order valence-electron chi connectivity index (χ0n) is 14.4. The summed E-state index contributed by atoms with van der Waals surface area (Å²) in [5, 5.41) is 9.37. The van der Waals surface area contributed by atoms with E-state index in [0.29, 0.717) is 35.0 Å². The van der Waals surface area contributed by atoms with Gasteiger partial charge in [0.1, 0.15) is 17.4 Å². The molecule has 0 heterocycles. The molecular formula is C20H19NO4. The van der Waals surface area contributed by atoms with Gasteiger partial charge in [-0.15, -0.1) is 0 Å². The third kappa shape index (κ3) is 4.39. The molecule has 0 saturated carbocycles. The van der Waals surface area contributed by atoms with E-state index in [4.69, 9.17) is 14.2 Å². The van der Waals surface area contributed by atoms with Gasteiger partial charge in [0, 0.05) is 5.56 Å². The lowest BCUT2D eigenvalue weighted by Crippen LogP contribution is -2.02. The summed E-state index contributed by atoms with van der Waals surface area (Å²) in [7, 11) is 3.09. The quantitative estimate of drug-likeness (QED) is 0.435. The third-order valence-corrected chi connectivity index (χ3v) is 3.52. The standard InChI is InChI=1S/C20H19NO4/c1-4-25-18-10-5-14(12-19(18)24-3)11-16(13-21)20(22)15-6-8-17(23-2)9-7-15/h5-12H,4H2,1-3H3/b16-11+. The molecule has 25 heavy (non-hydrogen) atoms. The van der Waals surface area contributed by atoms with Crippen LogP contribution in [0.1, 0.15) is 22.8 Å². The topological polar surface area (TPSA) is 68.5 Å². The Bertz CT molecular complexity index is 817. The first-order valence-corrected chi connectivity index (χ1v) is 7.74. The maximum atomic E-state index is 12.5. The minimum atomic E-state index is -0.349. The Morgan fingerprint density at radius 2 is 1.80 bits per heavy atom. The van der Waals surface area contributed by atoms with Gasteiger partial charge in [-0.05, 0) is 55.0 Å². The number of ether oxygens (including phenoxy) is 3. The number of Topliss-reactive ketones (excluding diaryl/α,β-unsaturated/α-hetero) is 1. The molecule has 0 fully saturated rings. The molecule has 0 aliphatic heterocycles. The van der Waals surface area contributed by atoms with Gasteiger partial charge in [0.05, 0.1) is 20.8 Å². The molecule has 0 unspecified atom stereocenters. The Morgan fingerprint density at radius 3 is 2.36 bits per heavy atom. The normalized spacial score (nSPS) is 10.7. The van der Waals surface area contributed by atoms with Crippen molar-refractivity contribution in [2.45, 2.75) is 6.92 Å². The predicted octanol–water partition coefficient (Wildman–Crippen LogP) is 3.89. The molecular weight excluding hydrogens is 318 g/mol. The van der Waals surface area contributed by atoms with Gasteiger partial charge < -0.3 is 14.2 Å². The minimum Gasteiger partial charge on any atom is -0.497 e. The van der Waals surface area contributed by atoms with Gasteiger partial charge in [0.25, 0.3) is 0 Å². The second kappa shape index (κ2) is 8.55. The molecule has 2 aromatic carbocycles. The van der Waals surface area contributed by atoms with E-state index < -0.39 is 0 Å². The van der Waals surface area contributed by atoms with Crippen LogP contribution in [0.3, 0.4) is 0 Å². The van der Waals surface area contributed by atoms with E-state index in [0.717, 1.165) is 0 Å². The summed E-state index contributed by atoms with van der Waals surface area (Å²) in [6, 6.07) is 13.8. The zero-order chi connectivity index (χ0) is 18.2. The Kier molecular flexibility index (Phi) is 6.19. The molecule has 0 aliphatic rings. The van der Waals surface area contributed by atoms with E-state index in [1.807, 2.05) is 13.0 Å². The van der Waals surface area contributed by atoms with Gasteiger partial charge in [-0.25, -0.2) is 0 Å². The summed E-state index contributed by atoms with van der Waals surface area (Å²) in [6.07, 6.45) is 1.53. The Labute approximate surface area is 147 Å². The van der Waals surface area contributed by atoms with E-state index >= 15 is 0 Å². The summed E-state index contributed by atoms with van der Waals surface area (Å²) in [5.74, 6) is 1.46. The molecule has 5 nitrogen and oxygen atoms in total. The van der Waals surface area contributed by atoms with Crippen LogP contribution in [-0.4, -0.2) is 26.6 Å². The molecule has 0 aromatic heterocycles. The number of hydrogen-bond acceptors (Lipinski definition) is 5. The van der Waals surface area contributed by atoms with Crippen molar-refractivity contribution >= 4 is 11.9 Å². The van der Waals surface area contributed by atoms with E-state index in [-0.39, 0.29) is 11.4 Å². The number of nitriles is 1. The number of carbonyl (C=O) groups excluding carboxylic acids is 1. The maximum absolute atomic E-state index is 12.5. The number of methoxy groups -OCH3 is 2. The molecule has 2 aromatic rings. The van der Waals surface area contributed by atoms with Crippen molar-refractivity contribution in [3.8, 4) is 23.3 Å². The first-order chi connectivity index (χ1) is 12.1. The first kappa shape index (κ1) is 18.1. The van der Waals surface area contributed by atoms with Crippen LogP contribution in [-0.2, 0) is 0 Å². The minimum absolute atomic E-state index is 0.0383. The monoisotopic (exact) mass is 337 g/mol. The predicted molar refractivity (Wildman–Crippen MR) is 95.1 cm³/mol. The maximum Gasteiger partial charge on any atom is 0.203 e. The van der Waals surface area contributed by atoms with Crippen LogP contribution < -0.4 is 14.2 Å². The molecule has 2 rings (SSSR count). The fourth-order valence-electron chi connectivity index (χ4n) is 2.26. The number of nitrogens with zero attached hydrogens (tertiary/aromatic N) is 1. The van der Waals surface area contributed by atoms with Crippen molar-refractivity contribution in [3.63, 3.8) is 0 Å². The number of allylic oxidation sites excluding steroid dienone is 1. The van der Waals surface area contributed by atoms with Gasteiger partial charge in [-0.2, -0.15) is 5.26 Å². The summed E-state index contributed by atoms with van der Waals surface area (Å²) in [4.78, 5) is 12.5. The van der Waals surface area contributed by atoms with Crippen LogP contribution in [0, 0.1) is 11.3 Å². The number of hydrogen-bond donors (Lipinski definition) is 0. The smallest absolute Gasteiger partial charge is 0.203 e. The summed E-state index contributed by atoms with van der Waals surface area (Å²) < 4.78 is 15.8. The highest BCUT2D eigenvalue weighted by molar-refractivity contribution is 6.14. The van der Waals surface area contributed by atoms with Crippen molar-refractivity contribution in [3.05, 3.63) is 59.2 Å². The Hall–Kier alpha value is -3.26. The lowest BCUT2D eigenvalue weighted by atomic mass is 10.0. The van der Waals surface area contributed by atoms with Gasteiger partial charge in [0.15, 0.2) is 11.5 Å². The van der Waals surface area contributed by atoms with Crippen LogP contribution in [0.2, 0.25) is 0 Å². The molecule has 0 amide bonds. The van der Waals surface area contributed by atoms with Crippen LogP contribution in [0.25, 0.3) is 6.08 Å². The fraction of sp³-hybridized carbons (Fsp3) is 0.200. The van der Waals surface area contributed by atoms with Crippen LogP contribution in [0.15, 0.2) is 48.0 Å². The molecule has 0 radical (unpaired) electrons. The number of benzene rings is 2. The summed E-state index contributed by atoms with van der Waals surface area (Å²) in [5.41, 5.74) is 1.14. The highest BCUT2D eigenvalue weighted by Gasteiger charge is 2.13. The lowest BCUT2D eigenvalue weighted by Gasteiger charge is -2.09. The zero-order valence-corrected chi connectivity index (χ0v) is 14.4. The molecule has 128 valence electrons. The van der Waals surface area contributed by atoms with Gasteiger partial charge in [-0.3, -0.25) is 4.79 Å². The van der Waals surface area contributed by atoms with Gasteiger partial charge >= 0.3 is 0 Å².